The fourth-order valence-corrected chi connectivity index (χ4v) is 2.28. The van der Waals surface area contributed by atoms with Crippen LogP contribution >= 0.6 is 0 Å². The van der Waals surface area contributed by atoms with Crippen molar-refractivity contribution in [1.29, 1.82) is 0 Å². The topological polar surface area (TPSA) is 80.2 Å². The summed E-state index contributed by atoms with van der Waals surface area (Å²) in [4.78, 5) is 24.1. The monoisotopic (exact) mass is 303 g/mol. The molecule has 1 fully saturated rings. The van der Waals surface area contributed by atoms with Gasteiger partial charge in [-0.1, -0.05) is 6.92 Å². The third-order valence-electron chi connectivity index (χ3n) is 3.84. The number of nitrogens with one attached hydrogen (secondary N) is 1. The maximum Gasteiger partial charge on any atom is 0.346 e. The van der Waals surface area contributed by atoms with Crippen molar-refractivity contribution in [1.82, 2.24) is 10.3 Å². The van der Waals surface area contributed by atoms with E-state index in [0.29, 0.717) is 31.1 Å². The molecule has 0 spiro atoms. The molecule has 0 aliphatic carbocycles. The van der Waals surface area contributed by atoms with Gasteiger partial charge in [0.1, 0.15) is 18.8 Å². The number of carbonyl (C=O) groups excluding carboxylic acids is 2. The lowest BCUT2D eigenvalue weighted by Crippen LogP contribution is -2.42. The molecule has 3 amide bonds. The number of hydrazone groups is 1. The Hall–Kier alpha value is -2.57. The van der Waals surface area contributed by atoms with E-state index in [0.717, 1.165) is 10.6 Å². The van der Waals surface area contributed by atoms with Crippen molar-refractivity contribution >= 4 is 18.2 Å². The first-order chi connectivity index (χ1) is 10.5. The second kappa shape index (κ2) is 5.32. The second-order valence-corrected chi connectivity index (χ2v) is 5.38. The highest BCUT2D eigenvalue weighted by Gasteiger charge is 2.46. The van der Waals surface area contributed by atoms with Crippen LogP contribution in [0.2, 0.25) is 0 Å². The molecule has 1 saturated heterocycles. The van der Waals surface area contributed by atoms with Gasteiger partial charge in [-0.3, -0.25) is 4.79 Å². The zero-order valence-electron chi connectivity index (χ0n) is 12.5. The molecule has 0 aromatic heterocycles. The van der Waals surface area contributed by atoms with Crippen LogP contribution < -0.4 is 14.8 Å². The van der Waals surface area contributed by atoms with Crippen molar-refractivity contribution in [3.8, 4) is 11.5 Å². The van der Waals surface area contributed by atoms with Gasteiger partial charge >= 0.3 is 6.03 Å². The van der Waals surface area contributed by atoms with Crippen LogP contribution in [0.3, 0.4) is 0 Å². The van der Waals surface area contributed by atoms with E-state index < -0.39 is 11.6 Å². The number of hydrogen-bond donors (Lipinski definition) is 1. The minimum atomic E-state index is -0.888. The van der Waals surface area contributed by atoms with E-state index in [2.05, 4.69) is 10.4 Å². The van der Waals surface area contributed by atoms with Crippen molar-refractivity contribution in [3.63, 3.8) is 0 Å². The summed E-state index contributed by atoms with van der Waals surface area (Å²) in [5.74, 6) is 0.955. The number of rotatable bonds is 3. The fourth-order valence-electron chi connectivity index (χ4n) is 2.28. The normalized spacial score (nSPS) is 24.0. The molecule has 0 unspecified atom stereocenters. The molecular formula is C15H17N3O4. The van der Waals surface area contributed by atoms with E-state index in [1.165, 1.54) is 6.21 Å². The lowest BCUT2D eigenvalue weighted by atomic mass is 10.00. The van der Waals surface area contributed by atoms with Gasteiger partial charge in [0.2, 0.25) is 0 Å². The Bertz CT molecular complexity index is 658. The summed E-state index contributed by atoms with van der Waals surface area (Å²) in [6, 6.07) is 4.81. The number of hydrogen-bond acceptors (Lipinski definition) is 5. The van der Waals surface area contributed by atoms with Crippen LogP contribution in [0.25, 0.3) is 0 Å². The Morgan fingerprint density at radius 3 is 2.73 bits per heavy atom. The van der Waals surface area contributed by atoms with Gasteiger partial charge < -0.3 is 14.8 Å². The van der Waals surface area contributed by atoms with Gasteiger partial charge in [-0.05, 0) is 37.1 Å². The minimum Gasteiger partial charge on any atom is -0.486 e. The summed E-state index contributed by atoms with van der Waals surface area (Å²) in [7, 11) is 0. The van der Waals surface area contributed by atoms with E-state index >= 15 is 0 Å². The Morgan fingerprint density at radius 2 is 2.05 bits per heavy atom. The average molecular weight is 303 g/mol. The van der Waals surface area contributed by atoms with Crippen molar-refractivity contribution in [2.75, 3.05) is 13.2 Å². The molecule has 1 aromatic rings. The van der Waals surface area contributed by atoms with E-state index in [9.17, 15) is 9.59 Å². The summed E-state index contributed by atoms with van der Waals surface area (Å²) in [6.45, 7) is 4.55. The molecule has 1 N–H and O–H groups in total. The van der Waals surface area contributed by atoms with Crippen molar-refractivity contribution in [2.24, 2.45) is 5.10 Å². The lowest BCUT2D eigenvalue weighted by molar-refractivity contribution is -0.130. The van der Waals surface area contributed by atoms with Gasteiger partial charge in [-0.15, -0.1) is 5.01 Å². The molecule has 116 valence electrons. The molecule has 7 nitrogen and oxygen atoms in total. The molecule has 3 rings (SSSR count). The van der Waals surface area contributed by atoms with Gasteiger partial charge in [-0.2, -0.15) is 5.10 Å². The Balaban J connectivity index is 1.80. The maximum atomic E-state index is 12.2. The third-order valence-corrected chi connectivity index (χ3v) is 3.84. The number of nitrogens with zero attached hydrogens (tertiary/aromatic N) is 2. The number of amides is 3. The fraction of sp³-hybridized carbons (Fsp3) is 0.400. The van der Waals surface area contributed by atoms with Gasteiger partial charge in [0.05, 0.1) is 6.21 Å². The van der Waals surface area contributed by atoms with E-state index in [4.69, 9.17) is 9.47 Å². The molecule has 0 bridgehead atoms. The summed E-state index contributed by atoms with van der Waals surface area (Å²) in [5, 5.41) is 7.50. The van der Waals surface area contributed by atoms with E-state index in [-0.39, 0.29) is 5.91 Å². The van der Waals surface area contributed by atoms with Crippen LogP contribution in [-0.4, -0.2) is 41.9 Å². The predicted octanol–water partition coefficient (Wildman–Crippen LogP) is 1.51. The molecule has 1 aromatic carbocycles. The van der Waals surface area contributed by atoms with Gasteiger partial charge in [0, 0.05) is 0 Å². The van der Waals surface area contributed by atoms with Gasteiger partial charge in [-0.25, -0.2) is 4.79 Å². The molecule has 22 heavy (non-hydrogen) atoms. The molecule has 0 saturated carbocycles. The molecule has 7 heteroatoms. The first-order valence-electron chi connectivity index (χ1n) is 7.14. The van der Waals surface area contributed by atoms with Crippen LogP contribution in [0.4, 0.5) is 4.79 Å². The summed E-state index contributed by atoms with van der Waals surface area (Å²) in [5.41, 5.74) is -0.170. The van der Waals surface area contributed by atoms with Crippen molar-refractivity contribution < 1.29 is 19.1 Å². The number of ether oxygens (including phenoxy) is 2. The van der Waals surface area contributed by atoms with Crippen molar-refractivity contribution in [2.45, 2.75) is 25.8 Å². The average Bonchev–Trinajstić information content (AvgIpc) is 2.75. The predicted molar refractivity (Wildman–Crippen MR) is 79.1 cm³/mol. The van der Waals surface area contributed by atoms with Gasteiger partial charge in [0.15, 0.2) is 11.5 Å². The Kier molecular flexibility index (Phi) is 3.48. The van der Waals surface area contributed by atoms with Crippen LogP contribution in [0.5, 0.6) is 11.5 Å². The Labute approximate surface area is 127 Å². The molecular weight excluding hydrogens is 286 g/mol. The molecule has 2 aliphatic rings. The SMILES string of the molecule is CC[C@@]1(C)NC(=O)N(/N=C\c2ccc3c(c2)OCCO3)C1=O. The number of imide groups is 1. The first kappa shape index (κ1) is 14.4. The minimum absolute atomic E-state index is 0.353. The second-order valence-electron chi connectivity index (χ2n) is 5.38. The number of benzene rings is 1. The molecule has 2 aliphatic heterocycles. The number of urea groups is 1. The third kappa shape index (κ3) is 2.38. The number of fused-ring (bicyclic) bond motifs is 1. The Morgan fingerprint density at radius 1 is 1.32 bits per heavy atom. The smallest absolute Gasteiger partial charge is 0.346 e. The summed E-state index contributed by atoms with van der Waals surface area (Å²) >= 11 is 0. The highest BCUT2D eigenvalue weighted by Crippen LogP contribution is 2.30. The maximum absolute atomic E-state index is 12.2. The zero-order valence-corrected chi connectivity index (χ0v) is 12.5. The van der Waals surface area contributed by atoms with Crippen LogP contribution in [0.15, 0.2) is 23.3 Å². The van der Waals surface area contributed by atoms with Crippen LogP contribution in [-0.2, 0) is 4.79 Å². The quantitative estimate of drug-likeness (QED) is 0.678. The molecule has 2 heterocycles. The largest absolute Gasteiger partial charge is 0.486 e. The van der Waals surface area contributed by atoms with Crippen LogP contribution in [0.1, 0.15) is 25.8 Å². The standard InChI is InChI=1S/C15H17N3O4/c1-3-15(2)13(19)18(14(20)17-15)16-9-10-4-5-11-12(8-10)22-7-6-21-11/h4-5,8-9H,3,6-7H2,1-2H3,(H,17,20)/b16-9-/t15-/m1/s1. The summed E-state index contributed by atoms with van der Waals surface area (Å²) in [6.07, 6.45) is 1.96. The van der Waals surface area contributed by atoms with Crippen LogP contribution in [0, 0.1) is 0 Å². The number of carbonyl (C=O) groups is 2. The first-order valence-corrected chi connectivity index (χ1v) is 7.14. The van der Waals surface area contributed by atoms with E-state index in [1.807, 2.05) is 6.92 Å². The summed E-state index contributed by atoms with van der Waals surface area (Å²) < 4.78 is 10.9. The molecule has 1 atom stereocenters. The zero-order chi connectivity index (χ0) is 15.7. The van der Waals surface area contributed by atoms with E-state index in [1.54, 1.807) is 25.1 Å². The highest BCUT2D eigenvalue weighted by molar-refractivity contribution is 6.07. The van der Waals surface area contributed by atoms with Crippen molar-refractivity contribution in [3.05, 3.63) is 23.8 Å². The van der Waals surface area contributed by atoms with Gasteiger partial charge in [0.25, 0.3) is 5.91 Å². The lowest BCUT2D eigenvalue weighted by Gasteiger charge is -2.18. The molecule has 0 radical (unpaired) electrons. The highest BCUT2D eigenvalue weighted by atomic mass is 16.6.